The van der Waals surface area contributed by atoms with E-state index in [4.69, 9.17) is 9.47 Å². The predicted molar refractivity (Wildman–Crippen MR) is 84.7 cm³/mol. The number of aromatic amines is 1. The Morgan fingerprint density at radius 3 is 2.35 bits per heavy atom. The lowest BCUT2D eigenvalue weighted by Crippen LogP contribution is -2.21. The van der Waals surface area contributed by atoms with Crippen LogP contribution in [0.5, 0.6) is 11.5 Å². The average Bonchev–Trinajstić information content (AvgIpc) is 2.51. The minimum absolute atomic E-state index is 0.0453. The van der Waals surface area contributed by atoms with E-state index in [0.29, 0.717) is 17.0 Å². The van der Waals surface area contributed by atoms with Crippen LogP contribution < -0.4 is 19.8 Å². The molecule has 124 valence electrons. The van der Waals surface area contributed by atoms with Crippen LogP contribution in [-0.4, -0.2) is 32.6 Å². The fraction of sp³-hybridized carbons (Fsp3) is 0.286. The standard InChI is InChI=1S/C14H17N3O5S/c1-8-9(2)15-14(16-13(8)18)17-23(19,20)10-5-6-11(21-3)12(7-10)22-4/h5-7H,1-4H3,(H2,15,16,17,18). The largest absolute Gasteiger partial charge is 0.493 e. The molecule has 9 heteroatoms. The van der Waals surface area contributed by atoms with Gasteiger partial charge >= 0.3 is 0 Å². The maximum Gasteiger partial charge on any atom is 0.264 e. The van der Waals surface area contributed by atoms with Crippen LogP contribution in [0.1, 0.15) is 11.3 Å². The lowest BCUT2D eigenvalue weighted by atomic mass is 10.3. The fourth-order valence-corrected chi connectivity index (χ4v) is 2.84. The number of methoxy groups -OCH3 is 2. The van der Waals surface area contributed by atoms with E-state index in [1.807, 2.05) is 0 Å². The topological polar surface area (TPSA) is 110 Å². The monoisotopic (exact) mass is 339 g/mol. The number of aromatic nitrogens is 2. The maximum absolute atomic E-state index is 12.4. The number of sulfonamides is 1. The number of ether oxygens (including phenoxy) is 2. The molecule has 0 aliphatic rings. The first kappa shape index (κ1) is 16.8. The number of anilines is 1. The number of rotatable bonds is 5. The van der Waals surface area contributed by atoms with Gasteiger partial charge in [-0.1, -0.05) is 0 Å². The van der Waals surface area contributed by atoms with Gasteiger partial charge in [-0.2, -0.15) is 0 Å². The first-order valence-electron chi connectivity index (χ1n) is 6.61. The van der Waals surface area contributed by atoms with Crippen LogP contribution in [0, 0.1) is 13.8 Å². The highest BCUT2D eigenvalue weighted by atomic mass is 32.2. The molecule has 0 spiro atoms. The van der Waals surface area contributed by atoms with Crippen LogP contribution in [0.2, 0.25) is 0 Å². The Kier molecular flexibility index (Phi) is 4.60. The number of aryl methyl sites for hydroxylation is 1. The highest BCUT2D eigenvalue weighted by molar-refractivity contribution is 7.92. The van der Waals surface area contributed by atoms with Gasteiger partial charge in [0.25, 0.3) is 15.6 Å². The van der Waals surface area contributed by atoms with Crippen molar-refractivity contribution in [3.05, 3.63) is 39.8 Å². The molecule has 0 atom stereocenters. The summed E-state index contributed by atoms with van der Waals surface area (Å²) in [7, 11) is -1.08. The summed E-state index contributed by atoms with van der Waals surface area (Å²) in [5, 5.41) is 0. The molecule has 1 aromatic carbocycles. The van der Waals surface area contributed by atoms with Gasteiger partial charge < -0.3 is 9.47 Å². The molecule has 2 N–H and O–H groups in total. The molecule has 1 aromatic heterocycles. The molecule has 0 aliphatic heterocycles. The summed E-state index contributed by atoms with van der Waals surface area (Å²) in [6.45, 7) is 3.23. The van der Waals surface area contributed by atoms with Crippen LogP contribution in [0.3, 0.4) is 0 Å². The number of H-pyrrole nitrogens is 1. The van der Waals surface area contributed by atoms with E-state index in [1.165, 1.54) is 32.4 Å². The second-order valence-corrected chi connectivity index (χ2v) is 6.43. The molecule has 0 saturated heterocycles. The molecular weight excluding hydrogens is 322 g/mol. The summed E-state index contributed by atoms with van der Waals surface area (Å²) in [4.78, 5) is 18.1. The minimum atomic E-state index is -3.94. The molecule has 0 radical (unpaired) electrons. The van der Waals surface area contributed by atoms with Crippen LogP contribution in [0.4, 0.5) is 5.95 Å². The van der Waals surface area contributed by atoms with Crippen molar-refractivity contribution in [2.45, 2.75) is 18.7 Å². The number of nitrogens with one attached hydrogen (secondary N) is 2. The van der Waals surface area contributed by atoms with E-state index >= 15 is 0 Å². The summed E-state index contributed by atoms with van der Waals surface area (Å²) in [6, 6.07) is 4.16. The van der Waals surface area contributed by atoms with Crippen molar-refractivity contribution in [1.82, 2.24) is 9.97 Å². The quantitative estimate of drug-likeness (QED) is 0.847. The van der Waals surface area contributed by atoms with Crippen molar-refractivity contribution in [3.8, 4) is 11.5 Å². The van der Waals surface area contributed by atoms with Crippen molar-refractivity contribution in [3.63, 3.8) is 0 Å². The third-order valence-corrected chi connectivity index (χ3v) is 4.63. The highest BCUT2D eigenvalue weighted by Gasteiger charge is 2.18. The molecule has 0 fully saturated rings. The molecule has 8 nitrogen and oxygen atoms in total. The maximum atomic E-state index is 12.4. The Labute approximate surface area is 133 Å². The second-order valence-electron chi connectivity index (χ2n) is 4.75. The molecule has 23 heavy (non-hydrogen) atoms. The third kappa shape index (κ3) is 3.45. The summed E-state index contributed by atoms with van der Waals surface area (Å²) in [5.74, 6) is 0.536. The number of benzene rings is 1. The van der Waals surface area contributed by atoms with Crippen molar-refractivity contribution in [2.75, 3.05) is 18.9 Å². The zero-order chi connectivity index (χ0) is 17.2. The van der Waals surface area contributed by atoms with Gasteiger partial charge in [0.15, 0.2) is 11.5 Å². The van der Waals surface area contributed by atoms with Gasteiger partial charge in [-0.15, -0.1) is 0 Å². The predicted octanol–water partition coefficient (Wildman–Crippen LogP) is 1.20. The first-order chi connectivity index (χ1) is 10.8. The van der Waals surface area contributed by atoms with Crippen LogP contribution in [-0.2, 0) is 10.0 Å². The molecule has 0 bridgehead atoms. The Hall–Kier alpha value is -2.55. The smallest absolute Gasteiger partial charge is 0.264 e. The van der Waals surface area contributed by atoms with Crippen molar-refractivity contribution in [2.24, 2.45) is 0 Å². The first-order valence-corrected chi connectivity index (χ1v) is 8.09. The molecule has 1 heterocycles. The fourth-order valence-electron chi connectivity index (χ4n) is 1.86. The lowest BCUT2D eigenvalue weighted by molar-refractivity contribution is 0.354. The Morgan fingerprint density at radius 2 is 1.78 bits per heavy atom. The summed E-state index contributed by atoms with van der Waals surface area (Å²) >= 11 is 0. The summed E-state index contributed by atoms with van der Waals surface area (Å²) < 4.78 is 37.2. The van der Waals surface area contributed by atoms with Gasteiger partial charge in [-0.3, -0.25) is 9.78 Å². The molecule has 0 unspecified atom stereocenters. The van der Waals surface area contributed by atoms with Crippen LogP contribution in [0.15, 0.2) is 27.9 Å². The minimum Gasteiger partial charge on any atom is -0.493 e. The zero-order valence-electron chi connectivity index (χ0n) is 13.1. The van der Waals surface area contributed by atoms with Crippen molar-refractivity contribution >= 4 is 16.0 Å². The average molecular weight is 339 g/mol. The molecule has 0 aliphatic carbocycles. The van der Waals surface area contributed by atoms with Gasteiger partial charge in [-0.25, -0.2) is 18.1 Å². The van der Waals surface area contributed by atoms with Crippen molar-refractivity contribution < 1.29 is 17.9 Å². The highest BCUT2D eigenvalue weighted by Crippen LogP contribution is 2.29. The third-order valence-electron chi connectivity index (χ3n) is 3.29. The van der Waals surface area contributed by atoms with Crippen LogP contribution in [0.25, 0.3) is 0 Å². The van der Waals surface area contributed by atoms with Crippen LogP contribution >= 0.6 is 0 Å². The number of hydrogen-bond donors (Lipinski definition) is 2. The van der Waals surface area contributed by atoms with Gasteiger partial charge in [-0.05, 0) is 26.0 Å². The number of hydrogen-bond acceptors (Lipinski definition) is 6. The Balaban J connectivity index is 2.41. The van der Waals surface area contributed by atoms with E-state index in [2.05, 4.69) is 14.7 Å². The van der Waals surface area contributed by atoms with E-state index in [0.717, 1.165) is 0 Å². The Morgan fingerprint density at radius 1 is 1.13 bits per heavy atom. The van der Waals surface area contributed by atoms with Gasteiger partial charge in [0.2, 0.25) is 5.95 Å². The van der Waals surface area contributed by atoms with E-state index in [9.17, 15) is 13.2 Å². The van der Waals surface area contributed by atoms with Gasteiger partial charge in [0.05, 0.1) is 19.1 Å². The van der Waals surface area contributed by atoms with Gasteiger partial charge in [0.1, 0.15) is 0 Å². The van der Waals surface area contributed by atoms with Gasteiger partial charge in [0, 0.05) is 17.3 Å². The van der Waals surface area contributed by atoms with E-state index in [-0.39, 0.29) is 16.6 Å². The molecule has 2 rings (SSSR count). The molecule has 0 saturated carbocycles. The lowest BCUT2D eigenvalue weighted by Gasteiger charge is -2.11. The summed E-state index contributed by atoms with van der Waals surface area (Å²) in [6.07, 6.45) is 0. The normalized spacial score (nSPS) is 11.1. The molecule has 2 aromatic rings. The zero-order valence-corrected chi connectivity index (χ0v) is 13.9. The SMILES string of the molecule is COc1ccc(S(=O)(=O)Nc2nc(C)c(C)c(=O)[nH]2)cc1OC. The summed E-state index contributed by atoms with van der Waals surface area (Å²) in [5.41, 5.74) is 0.473. The van der Waals surface area contributed by atoms with Crippen molar-refractivity contribution in [1.29, 1.82) is 0 Å². The van der Waals surface area contributed by atoms with E-state index in [1.54, 1.807) is 13.8 Å². The van der Waals surface area contributed by atoms with E-state index < -0.39 is 15.6 Å². The second kappa shape index (κ2) is 6.29. The Bertz CT molecular complexity index is 890. The number of nitrogens with zero attached hydrogens (tertiary/aromatic N) is 1. The molecule has 0 amide bonds. The molecular formula is C14H17N3O5S.